The van der Waals surface area contributed by atoms with Crippen molar-refractivity contribution in [2.45, 2.75) is 20.3 Å². The molecule has 1 aromatic carbocycles. The van der Waals surface area contributed by atoms with Crippen molar-refractivity contribution < 1.29 is 0 Å². The van der Waals surface area contributed by atoms with Crippen LogP contribution in [-0.4, -0.2) is 14.5 Å². The summed E-state index contributed by atoms with van der Waals surface area (Å²) < 4.78 is 2.04. The predicted octanol–water partition coefficient (Wildman–Crippen LogP) is 2.38. The van der Waals surface area contributed by atoms with E-state index in [1.807, 2.05) is 22.9 Å². The van der Waals surface area contributed by atoms with Crippen LogP contribution in [0.1, 0.15) is 23.9 Å². The molecule has 4 heteroatoms. The summed E-state index contributed by atoms with van der Waals surface area (Å²) >= 11 is 5.09. The first-order valence-corrected chi connectivity index (χ1v) is 5.97. The summed E-state index contributed by atoms with van der Waals surface area (Å²) in [5.74, 6) is 1.01. The highest BCUT2D eigenvalue weighted by molar-refractivity contribution is 7.80. The molecule has 0 aliphatic rings. The molecule has 0 saturated heterocycles. The topological polar surface area (TPSA) is 43.8 Å². The first-order chi connectivity index (χ1) is 8.13. The summed E-state index contributed by atoms with van der Waals surface area (Å²) in [7, 11) is 0. The third-order valence-corrected chi connectivity index (χ3v) is 2.93. The summed E-state index contributed by atoms with van der Waals surface area (Å²) in [6, 6.07) is 6.06. The summed E-state index contributed by atoms with van der Waals surface area (Å²) in [5, 5.41) is 0. The number of benzene rings is 1. The molecule has 17 heavy (non-hydrogen) atoms. The maximum Gasteiger partial charge on any atom is 0.112 e. The largest absolute Gasteiger partial charge is 0.389 e. The van der Waals surface area contributed by atoms with E-state index < -0.39 is 0 Å². The van der Waals surface area contributed by atoms with Gasteiger partial charge in [0.1, 0.15) is 10.8 Å². The fourth-order valence-electron chi connectivity index (χ4n) is 1.86. The van der Waals surface area contributed by atoms with E-state index in [0.717, 1.165) is 23.5 Å². The van der Waals surface area contributed by atoms with Crippen LogP contribution in [0.5, 0.6) is 0 Å². The van der Waals surface area contributed by atoms with Gasteiger partial charge < -0.3 is 10.3 Å². The summed E-state index contributed by atoms with van der Waals surface area (Å²) in [4.78, 5) is 4.73. The zero-order chi connectivity index (χ0) is 12.4. The molecule has 0 spiro atoms. The molecule has 2 rings (SSSR count). The Balaban J connectivity index is 2.65. The Morgan fingerprint density at radius 3 is 2.88 bits per heavy atom. The van der Waals surface area contributed by atoms with Crippen LogP contribution < -0.4 is 5.73 Å². The van der Waals surface area contributed by atoms with E-state index >= 15 is 0 Å². The maximum atomic E-state index is 5.76. The lowest BCUT2D eigenvalue weighted by atomic mass is 10.1. The Bertz CT molecular complexity index is 558. The molecule has 0 saturated carbocycles. The number of hydrogen-bond acceptors (Lipinski definition) is 2. The fraction of sp³-hybridized carbons (Fsp3) is 0.231. The van der Waals surface area contributed by atoms with Crippen molar-refractivity contribution in [2.24, 2.45) is 5.73 Å². The van der Waals surface area contributed by atoms with Crippen LogP contribution in [0.3, 0.4) is 0 Å². The minimum absolute atomic E-state index is 0.413. The molecule has 0 bridgehead atoms. The van der Waals surface area contributed by atoms with Crippen LogP contribution in [0.4, 0.5) is 0 Å². The van der Waals surface area contributed by atoms with Crippen molar-refractivity contribution in [3.63, 3.8) is 0 Å². The highest BCUT2D eigenvalue weighted by Crippen LogP contribution is 2.18. The van der Waals surface area contributed by atoms with Crippen LogP contribution in [0.2, 0.25) is 0 Å². The standard InChI is InChI=1S/C13H15N3S/c1-3-12-15-6-7-16(12)11-8-9(2)4-5-10(11)13(14)17/h4-8H,3H2,1-2H3,(H2,14,17). The van der Waals surface area contributed by atoms with Gasteiger partial charge in [-0.1, -0.05) is 25.2 Å². The van der Waals surface area contributed by atoms with E-state index in [9.17, 15) is 0 Å². The number of rotatable bonds is 3. The van der Waals surface area contributed by atoms with E-state index in [1.54, 1.807) is 6.20 Å². The van der Waals surface area contributed by atoms with Gasteiger partial charge in [0.2, 0.25) is 0 Å². The van der Waals surface area contributed by atoms with Gasteiger partial charge in [-0.05, 0) is 24.6 Å². The maximum absolute atomic E-state index is 5.76. The van der Waals surface area contributed by atoms with Crippen molar-refractivity contribution in [2.75, 3.05) is 0 Å². The fourth-order valence-corrected chi connectivity index (χ4v) is 2.04. The summed E-state index contributed by atoms with van der Waals surface area (Å²) in [6.07, 6.45) is 4.61. The van der Waals surface area contributed by atoms with Crippen LogP contribution in [-0.2, 0) is 6.42 Å². The average molecular weight is 245 g/mol. The molecular formula is C13H15N3S. The molecule has 0 fully saturated rings. The van der Waals surface area contributed by atoms with Crippen molar-refractivity contribution >= 4 is 17.2 Å². The first kappa shape index (κ1) is 11.8. The zero-order valence-electron chi connectivity index (χ0n) is 9.97. The van der Waals surface area contributed by atoms with Gasteiger partial charge in [-0.15, -0.1) is 0 Å². The van der Waals surface area contributed by atoms with E-state index in [2.05, 4.69) is 24.9 Å². The molecule has 1 heterocycles. The number of nitrogens with two attached hydrogens (primary N) is 1. The molecule has 0 unspecified atom stereocenters. The van der Waals surface area contributed by atoms with Gasteiger partial charge in [0.15, 0.2) is 0 Å². The highest BCUT2D eigenvalue weighted by Gasteiger charge is 2.10. The van der Waals surface area contributed by atoms with Crippen molar-refractivity contribution in [3.8, 4) is 5.69 Å². The number of aryl methyl sites for hydroxylation is 2. The van der Waals surface area contributed by atoms with Gasteiger partial charge >= 0.3 is 0 Å². The second kappa shape index (κ2) is 4.67. The van der Waals surface area contributed by atoms with Crippen molar-refractivity contribution in [1.82, 2.24) is 9.55 Å². The Morgan fingerprint density at radius 2 is 2.24 bits per heavy atom. The second-order valence-corrected chi connectivity index (χ2v) is 4.39. The van der Waals surface area contributed by atoms with E-state index in [4.69, 9.17) is 18.0 Å². The number of aromatic nitrogens is 2. The molecule has 2 N–H and O–H groups in total. The van der Waals surface area contributed by atoms with Crippen molar-refractivity contribution in [3.05, 3.63) is 47.5 Å². The quantitative estimate of drug-likeness (QED) is 0.844. The lowest BCUT2D eigenvalue weighted by Crippen LogP contribution is -2.14. The molecule has 0 aliphatic carbocycles. The Hall–Kier alpha value is -1.68. The molecule has 88 valence electrons. The number of hydrogen-bond donors (Lipinski definition) is 1. The average Bonchev–Trinajstić information content (AvgIpc) is 2.76. The number of thiocarbonyl (C=S) groups is 1. The lowest BCUT2D eigenvalue weighted by molar-refractivity contribution is 0.889. The Kier molecular flexibility index (Phi) is 3.24. The normalized spacial score (nSPS) is 10.5. The third kappa shape index (κ3) is 2.22. The zero-order valence-corrected chi connectivity index (χ0v) is 10.8. The molecule has 1 aromatic heterocycles. The highest BCUT2D eigenvalue weighted by atomic mass is 32.1. The van der Waals surface area contributed by atoms with Gasteiger partial charge in [-0.25, -0.2) is 4.98 Å². The SMILES string of the molecule is CCc1nccn1-c1cc(C)ccc1C(N)=S. The molecule has 2 aromatic rings. The predicted molar refractivity (Wildman–Crippen MR) is 73.6 cm³/mol. The molecular weight excluding hydrogens is 230 g/mol. The lowest BCUT2D eigenvalue weighted by Gasteiger charge is -2.12. The Morgan fingerprint density at radius 1 is 1.47 bits per heavy atom. The van der Waals surface area contributed by atoms with E-state index in [1.165, 1.54) is 5.56 Å². The molecule has 0 amide bonds. The van der Waals surface area contributed by atoms with Gasteiger partial charge in [0, 0.05) is 24.4 Å². The van der Waals surface area contributed by atoms with Crippen LogP contribution >= 0.6 is 12.2 Å². The number of imidazole rings is 1. The monoisotopic (exact) mass is 245 g/mol. The molecule has 0 atom stereocenters. The Labute approximate surface area is 106 Å². The number of nitrogens with zero attached hydrogens (tertiary/aromatic N) is 2. The summed E-state index contributed by atoms with van der Waals surface area (Å²) in [6.45, 7) is 4.13. The minimum atomic E-state index is 0.413. The summed E-state index contributed by atoms with van der Waals surface area (Å²) in [5.41, 5.74) is 8.83. The van der Waals surface area contributed by atoms with Gasteiger partial charge in [-0.2, -0.15) is 0 Å². The van der Waals surface area contributed by atoms with Crippen molar-refractivity contribution in [1.29, 1.82) is 0 Å². The van der Waals surface area contributed by atoms with Crippen LogP contribution in [0.15, 0.2) is 30.6 Å². The second-order valence-electron chi connectivity index (χ2n) is 3.95. The van der Waals surface area contributed by atoms with E-state index in [-0.39, 0.29) is 0 Å². The van der Waals surface area contributed by atoms with E-state index in [0.29, 0.717) is 4.99 Å². The van der Waals surface area contributed by atoms with Crippen LogP contribution in [0, 0.1) is 6.92 Å². The third-order valence-electron chi connectivity index (χ3n) is 2.71. The van der Waals surface area contributed by atoms with Crippen LogP contribution in [0.25, 0.3) is 5.69 Å². The molecule has 0 aliphatic heterocycles. The van der Waals surface area contributed by atoms with Gasteiger partial charge in [0.05, 0.1) is 5.69 Å². The minimum Gasteiger partial charge on any atom is -0.389 e. The van der Waals surface area contributed by atoms with Gasteiger partial charge in [0.25, 0.3) is 0 Å². The first-order valence-electron chi connectivity index (χ1n) is 5.56. The van der Waals surface area contributed by atoms with Gasteiger partial charge in [-0.3, -0.25) is 0 Å². The molecule has 0 radical (unpaired) electrons. The molecule has 3 nitrogen and oxygen atoms in total. The smallest absolute Gasteiger partial charge is 0.112 e.